The second-order valence-corrected chi connectivity index (χ2v) is 10.00. The Kier molecular flexibility index (Phi) is 11.0. The number of nitro groups is 2. The lowest BCUT2D eigenvalue weighted by molar-refractivity contribution is -0.394. The Morgan fingerprint density at radius 3 is 2.47 bits per heavy atom. The number of carbonyl (C=O) groups is 2. The first kappa shape index (κ1) is 33.8. The molecule has 0 radical (unpaired) electrons. The van der Waals surface area contributed by atoms with Gasteiger partial charge < -0.3 is 29.6 Å². The fourth-order valence-corrected chi connectivity index (χ4v) is 4.70. The van der Waals surface area contributed by atoms with Crippen molar-refractivity contribution in [1.29, 1.82) is 0 Å². The van der Waals surface area contributed by atoms with E-state index in [9.17, 15) is 29.8 Å². The second kappa shape index (κ2) is 15.3. The number of non-ortho nitro benzene ring substituents is 1. The van der Waals surface area contributed by atoms with Crippen molar-refractivity contribution >= 4 is 46.8 Å². The number of nitrogens with zero attached hydrogens (tertiary/aromatic N) is 3. The van der Waals surface area contributed by atoms with E-state index in [0.29, 0.717) is 33.3 Å². The molecule has 0 fully saturated rings. The van der Waals surface area contributed by atoms with Gasteiger partial charge in [-0.1, -0.05) is 18.2 Å². The summed E-state index contributed by atoms with van der Waals surface area (Å²) >= 11 is 5.29. The van der Waals surface area contributed by atoms with E-state index in [1.165, 1.54) is 25.5 Å². The van der Waals surface area contributed by atoms with Crippen LogP contribution in [0.3, 0.4) is 0 Å². The minimum Gasteiger partial charge on any atom is -0.493 e. The number of hydrazone groups is 1. The number of nitrogens with one attached hydrogen (secondary N) is 3. The number of allylic oxidation sites excluding steroid dienone is 1. The molecule has 0 aromatic heterocycles. The lowest BCUT2D eigenvalue weighted by atomic mass is 9.95. The van der Waals surface area contributed by atoms with Crippen LogP contribution in [-0.2, 0) is 14.3 Å². The number of nitro benzene ring substituents is 2. The standard InChI is InChI=1S/C30H28N6O10S/c1-4-44-29(38)27-17(2)32-30(47)33-28(27)20-7-5-6-8-22(20)45-16-26(37)34-31-15-18-9-11-24(25(13-18)43-3)46-23-12-10-19(35(39)40)14-21(23)36(41)42/h5-15,28H,4,16H2,1-3H3,(H,34,37)(H2,32,33,47)/t28-/m0/s1. The largest absolute Gasteiger partial charge is 0.493 e. The van der Waals surface area contributed by atoms with Crippen molar-refractivity contribution in [2.75, 3.05) is 20.3 Å². The average Bonchev–Trinajstić information content (AvgIpc) is 3.04. The van der Waals surface area contributed by atoms with Crippen molar-refractivity contribution in [3.05, 3.63) is 103 Å². The van der Waals surface area contributed by atoms with Crippen LogP contribution in [0.25, 0.3) is 0 Å². The molecule has 16 nitrogen and oxygen atoms in total. The summed E-state index contributed by atoms with van der Waals surface area (Å²) in [7, 11) is 1.35. The lowest BCUT2D eigenvalue weighted by Gasteiger charge is -2.30. The summed E-state index contributed by atoms with van der Waals surface area (Å²) < 4.78 is 22.0. The van der Waals surface area contributed by atoms with E-state index in [1.807, 2.05) is 0 Å². The van der Waals surface area contributed by atoms with Gasteiger partial charge in [0, 0.05) is 17.3 Å². The molecular weight excluding hydrogens is 636 g/mol. The fraction of sp³-hybridized carbons (Fsp3) is 0.200. The Balaban J connectivity index is 1.42. The summed E-state index contributed by atoms with van der Waals surface area (Å²) in [4.78, 5) is 46.2. The van der Waals surface area contributed by atoms with E-state index >= 15 is 0 Å². The Bertz CT molecular complexity index is 1790. The van der Waals surface area contributed by atoms with Crippen molar-refractivity contribution in [3.8, 4) is 23.0 Å². The molecule has 0 spiro atoms. The summed E-state index contributed by atoms with van der Waals surface area (Å²) in [6, 6.07) is 13.7. The van der Waals surface area contributed by atoms with E-state index < -0.39 is 45.7 Å². The molecule has 17 heteroatoms. The Morgan fingerprint density at radius 2 is 1.77 bits per heavy atom. The van der Waals surface area contributed by atoms with E-state index in [1.54, 1.807) is 44.2 Å². The zero-order valence-electron chi connectivity index (χ0n) is 25.2. The molecular formula is C30H28N6O10S. The summed E-state index contributed by atoms with van der Waals surface area (Å²) in [5.74, 6) is -0.737. The minimum absolute atomic E-state index is 0.0952. The SMILES string of the molecule is CCOC(=O)C1=C(C)NC(=S)N[C@H]1c1ccccc1OCC(=O)NN=Cc1ccc(Oc2ccc([N+](=O)[O-])cc2[N+](=O)[O-])c(OC)c1. The quantitative estimate of drug-likeness (QED) is 0.0771. The van der Waals surface area contributed by atoms with Crippen LogP contribution in [0, 0.1) is 20.2 Å². The third kappa shape index (κ3) is 8.34. The first-order chi connectivity index (χ1) is 22.5. The van der Waals surface area contributed by atoms with Crippen molar-refractivity contribution in [3.63, 3.8) is 0 Å². The number of methoxy groups -OCH3 is 1. The number of para-hydroxylation sites is 1. The Morgan fingerprint density at radius 1 is 1.02 bits per heavy atom. The van der Waals surface area contributed by atoms with Crippen LogP contribution in [0.4, 0.5) is 11.4 Å². The number of amides is 1. The first-order valence-corrected chi connectivity index (χ1v) is 14.2. The van der Waals surface area contributed by atoms with E-state index in [-0.39, 0.29) is 23.9 Å². The molecule has 1 atom stereocenters. The van der Waals surface area contributed by atoms with Crippen molar-refractivity contribution in [1.82, 2.24) is 16.1 Å². The fourth-order valence-electron chi connectivity index (χ4n) is 4.43. The zero-order chi connectivity index (χ0) is 34.1. The Hall–Kier alpha value is -6.10. The minimum atomic E-state index is -0.792. The van der Waals surface area contributed by atoms with E-state index in [4.69, 9.17) is 31.2 Å². The summed E-state index contributed by atoms with van der Waals surface area (Å²) in [6.07, 6.45) is 1.32. The number of esters is 1. The normalized spacial score (nSPS) is 14.1. The van der Waals surface area contributed by atoms with Gasteiger partial charge in [-0.2, -0.15) is 5.10 Å². The van der Waals surface area contributed by atoms with Gasteiger partial charge >= 0.3 is 11.7 Å². The van der Waals surface area contributed by atoms with E-state index in [2.05, 4.69) is 21.2 Å². The molecule has 4 rings (SSSR count). The molecule has 3 N–H and O–H groups in total. The predicted octanol–water partition coefficient (Wildman–Crippen LogP) is 4.19. The highest BCUT2D eigenvalue weighted by atomic mass is 32.1. The molecule has 244 valence electrons. The summed E-state index contributed by atoms with van der Waals surface area (Å²) in [5, 5.41) is 32.7. The van der Waals surface area contributed by atoms with Gasteiger partial charge in [0.25, 0.3) is 11.6 Å². The molecule has 1 amide bonds. The van der Waals surface area contributed by atoms with Gasteiger partial charge in [-0.25, -0.2) is 10.2 Å². The predicted molar refractivity (Wildman–Crippen MR) is 171 cm³/mol. The molecule has 0 saturated carbocycles. The van der Waals surface area contributed by atoms with Crippen LogP contribution in [0.2, 0.25) is 0 Å². The second-order valence-electron chi connectivity index (χ2n) is 9.59. The average molecular weight is 665 g/mol. The number of benzene rings is 3. The zero-order valence-corrected chi connectivity index (χ0v) is 26.0. The van der Waals surface area contributed by atoms with Gasteiger partial charge in [-0.3, -0.25) is 25.0 Å². The monoisotopic (exact) mass is 664 g/mol. The van der Waals surface area contributed by atoms with E-state index in [0.717, 1.165) is 18.2 Å². The van der Waals surface area contributed by atoms with Crippen molar-refractivity contribution in [2.24, 2.45) is 5.10 Å². The maximum absolute atomic E-state index is 12.7. The number of thiocarbonyl (C=S) groups is 1. The number of carbonyl (C=O) groups excluding carboxylic acids is 2. The maximum Gasteiger partial charge on any atom is 0.338 e. The van der Waals surface area contributed by atoms with Gasteiger partial charge in [0.1, 0.15) is 5.75 Å². The van der Waals surface area contributed by atoms with Crippen molar-refractivity contribution in [2.45, 2.75) is 19.9 Å². The highest BCUT2D eigenvalue weighted by Gasteiger charge is 2.32. The number of hydrogen-bond donors (Lipinski definition) is 3. The van der Waals surface area contributed by atoms with Gasteiger partial charge in [0.2, 0.25) is 5.75 Å². The molecule has 0 unspecified atom stereocenters. The lowest BCUT2D eigenvalue weighted by Crippen LogP contribution is -2.45. The molecule has 47 heavy (non-hydrogen) atoms. The topological polar surface area (TPSA) is 206 Å². The molecule has 1 aliphatic heterocycles. The first-order valence-electron chi connectivity index (χ1n) is 13.8. The molecule has 0 saturated heterocycles. The molecule has 3 aromatic carbocycles. The third-order valence-electron chi connectivity index (χ3n) is 6.51. The third-order valence-corrected chi connectivity index (χ3v) is 6.73. The van der Waals surface area contributed by atoms with Crippen LogP contribution in [0.5, 0.6) is 23.0 Å². The number of rotatable bonds is 13. The van der Waals surface area contributed by atoms with Gasteiger partial charge in [0.05, 0.1) is 47.5 Å². The van der Waals surface area contributed by atoms with Crippen LogP contribution in [0.15, 0.2) is 77.0 Å². The number of hydrogen-bond acceptors (Lipinski definition) is 12. The molecule has 1 heterocycles. The number of ether oxygens (including phenoxy) is 4. The molecule has 0 aliphatic carbocycles. The molecule has 0 bridgehead atoms. The van der Waals surface area contributed by atoms with Crippen LogP contribution in [0.1, 0.15) is 31.0 Å². The highest BCUT2D eigenvalue weighted by Crippen LogP contribution is 2.38. The van der Waals surface area contributed by atoms with Gasteiger partial charge in [0.15, 0.2) is 23.2 Å². The van der Waals surface area contributed by atoms with Gasteiger partial charge in [-0.05, 0) is 62.0 Å². The smallest absolute Gasteiger partial charge is 0.338 e. The molecule has 3 aromatic rings. The summed E-state index contributed by atoms with van der Waals surface area (Å²) in [5.41, 5.74) is 3.19. The van der Waals surface area contributed by atoms with Crippen molar-refractivity contribution < 1.29 is 38.4 Å². The van der Waals surface area contributed by atoms with Crippen LogP contribution in [-0.4, -0.2) is 53.4 Å². The summed E-state index contributed by atoms with van der Waals surface area (Å²) in [6.45, 7) is 3.19. The van der Waals surface area contributed by atoms with Gasteiger partial charge in [-0.15, -0.1) is 0 Å². The highest BCUT2D eigenvalue weighted by molar-refractivity contribution is 7.80. The van der Waals surface area contributed by atoms with Crippen LogP contribution >= 0.6 is 12.2 Å². The maximum atomic E-state index is 12.7. The Labute approximate surface area is 272 Å². The molecule has 1 aliphatic rings. The van der Waals surface area contributed by atoms with Crippen LogP contribution < -0.4 is 30.3 Å².